The Kier molecular flexibility index (Phi) is 3.37. The second-order valence-electron chi connectivity index (χ2n) is 5.32. The fourth-order valence-electron chi connectivity index (χ4n) is 3.07. The number of hydrogen-bond acceptors (Lipinski definition) is 2. The lowest BCUT2D eigenvalue weighted by Crippen LogP contribution is -2.16. The van der Waals surface area contributed by atoms with Gasteiger partial charge in [-0.25, -0.2) is 0 Å². The zero-order valence-electron chi connectivity index (χ0n) is 10.7. The Morgan fingerprint density at radius 2 is 2.17 bits per heavy atom. The Labute approximate surface area is 108 Å². The fraction of sp³-hybridized carbons (Fsp3) is 0.500. The molecule has 0 bridgehead atoms. The number of allylic oxidation sites excluding steroid dienone is 1. The fourth-order valence-corrected chi connectivity index (χ4v) is 3.07. The summed E-state index contributed by atoms with van der Waals surface area (Å²) in [6, 6.07) is 3.87. The third kappa shape index (κ3) is 2.30. The van der Waals surface area contributed by atoms with Crippen LogP contribution in [0.4, 0.5) is 0 Å². The van der Waals surface area contributed by atoms with Gasteiger partial charge in [0.15, 0.2) is 0 Å². The van der Waals surface area contributed by atoms with Crippen molar-refractivity contribution in [1.82, 2.24) is 0 Å². The van der Waals surface area contributed by atoms with E-state index in [9.17, 15) is 5.11 Å². The average molecular weight is 244 g/mol. The minimum atomic E-state index is 0.407. The van der Waals surface area contributed by atoms with E-state index in [0.29, 0.717) is 11.7 Å². The van der Waals surface area contributed by atoms with Crippen molar-refractivity contribution >= 4 is 6.08 Å². The molecule has 1 aliphatic heterocycles. The van der Waals surface area contributed by atoms with Crippen LogP contribution in [0, 0.1) is 0 Å². The SMILES string of the molecule is Oc1cc2c(c(C3CCCOC3)c1)C=CCCC2. The summed E-state index contributed by atoms with van der Waals surface area (Å²) < 4.78 is 5.59. The highest BCUT2D eigenvalue weighted by Gasteiger charge is 2.21. The predicted octanol–water partition coefficient (Wildman–Crippen LogP) is 3.64. The summed E-state index contributed by atoms with van der Waals surface area (Å²) in [5, 5.41) is 9.93. The minimum Gasteiger partial charge on any atom is -0.508 e. The van der Waals surface area contributed by atoms with Gasteiger partial charge in [0, 0.05) is 12.5 Å². The van der Waals surface area contributed by atoms with E-state index in [1.54, 1.807) is 0 Å². The predicted molar refractivity (Wildman–Crippen MR) is 72.9 cm³/mol. The minimum absolute atomic E-state index is 0.407. The van der Waals surface area contributed by atoms with E-state index in [0.717, 1.165) is 32.5 Å². The maximum atomic E-state index is 9.93. The van der Waals surface area contributed by atoms with Gasteiger partial charge in [-0.1, -0.05) is 12.2 Å². The summed E-state index contributed by atoms with van der Waals surface area (Å²) in [5.41, 5.74) is 3.91. The monoisotopic (exact) mass is 244 g/mol. The number of aromatic hydroxyl groups is 1. The first kappa shape index (κ1) is 11.8. The molecule has 0 radical (unpaired) electrons. The van der Waals surface area contributed by atoms with E-state index in [2.05, 4.69) is 12.2 Å². The molecule has 2 aliphatic rings. The number of aryl methyl sites for hydroxylation is 1. The van der Waals surface area contributed by atoms with Crippen molar-refractivity contribution in [2.24, 2.45) is 0 Å². The van der Waals surface area contributed by atoms with Crippen LogP contribution in [-0.4, -0.2) is 18.3 Å². The van der Waals surface area contributed by atoms with Crippen LogP contribution in [-0.2, 0) is 11.2 Å². The summed E-state index contributed by atoms with van der Waals surface area (Å²) in [5.74, 6) is 0.854. The van der Waals surface area contributed by atoms with Crippen molar-refractivity contribution in [3.63, 3.8) is 0 Å². The van der Waals surface area contributed by atoms with Gasteiger partial charge in [-0.3, -0.25) is 0 Å². The molecule has 1 unspecified atom stereocenters. The third-order valence-electron chi connectivity index (χ3n) is 3.98. The highest BCUT2D eigenvalue weighted by Crippen LogP contribution is 2.35. The highest BCUT2D eigenvalue weighted by molar-refractivity contribution is 5.62. The van der Waals surface area contributed by atoms with Gasteiger partial charge in [0.1, 0.15) is 5.75 Å². The molecule has 1 saturated heterocycles. The topological polar surface area (TPSA) is 29.5 Å². The number of benzene rings is 1. The van der Waals surface area contributed by atoms with E-state index >= 15 is 0 Å². The molecular formula is C16H20O2. The van der Waals surface area contributed by atoms with Crippen LogP contribution >= 0.6 is 0 Å². The standard InChI is InChI=1S/C16H20O2/c17-14-9-12-5-2-1-3-7-15(12)16(10-14)13-6-4-8-18-11-13/h3,7,9-10,13,17H,1-2,4-6,8,11H2. The van der Waals surface area contributed by atoms with Crippen molar-refractivity contribution in [2.45, 2.75) is 38.0 Å². The van der Waals surface area contributed by atoms with Gasteiger partial charge in [-0.2, -0.15) is 0 Å². The molecular weight excluding hydrogens is 224 g/mol. The molecule has 1 fully saturated rings. The summed E-state index contributed by atoms with van der Waals surface area (Å²) in [7, 11) is 0. The molecule has 1 N–H and O–H groups in total. The first-order valence-electron chi connectivity index (χ1n) is 6.94. The molecule has 1 heterocycles. The van der Waals surface area contributed by atoms with E-state index in [1.165, 1.54) is 29.5 Å². The van der Waals surface area contributed by atoms with Crippen molar-refractivity contribution in [1.29, 1.82) is 0 Å². The Bertz CT molecular complexity index is 456. The summed E-state index contributed by atoms with van der Waals surface area (Å²) in [4.78, 5) is 0. The number of hydrogen-bond donors (Lipinski definition) is 1. The Morgan fingerprint density at radius 3 is 3.00 bits per heavy atom. The average Bonchev–Trinajstić information content (AvgIpc) is 2.64. The van der Waals surface area contributed by atoms with E-state index in [-0.39, 0.29) is 0 Å². The van der Waals surface area contributed by atoms with Crippen LogP contribution in [0.3, 0.4) is 0 Å². The summed E-state index contributed by atoms with van der Waals surface area (Å²) in [6.07, 6.45) is 10.2. The molecule has 1 aromatic carbocycles. The van der Waals surface area contributed by atoms with Gasteiger partial charge in [0.25, 0.3) is 0 Å². The van der Waals surface area contributed by atoms with Gasteiger partial charge >= 0.3 is 0 Å². The largest absolute Gasteiger partial charge is 0.508 e. The van der Waals surface area contributed by atoms with E-state index in [4.69, 9.17) is 4.74 Å². The zero-order valence-corrected chi connectivity index (χ0v) is 10.7. The highest BCUT2D eigenvalue weighted by atomic mass is 16.5. The molecule has 0 aromatic heterocycles. The molecule has 18 heavy (non-hydrogen) atoms. The quantitative estimate of drug-likeness (QED) is 0.817. The van der Waals surface area contributed by atoms with Crippen molar-refractivity contribution in [3.8, 4) is 5.75 Å². The molecule has 2 nitrogen and oxygen atoms in total. The van der Waals surface area contributed by atoms with Crippen molar-refractivity contribution in [2.75, 3.05) is 13.2 Å². The van der Waals surface area contributed by atoms with Crippen LogP contribution in [0.5, 0.6) is 5.75 Å². The first-order valence-corrected chi connectivity index (χ1v) is 6.94. The van der Waals surface area contributed by atoms with Gasteiger partial charge in [-0.15, -0.1) is 0 Å². The molecule has 3 rings (SSSR count). The summed E-state index contributed by atoms with van der Waals surface area (Å²) >= 11 is 0. The van der Waals surface area contributed by atoms with Crippen LogP contribution in [0.25, 0.3) is 6.08 Å². The molecule has 0 spiro atoms. The smallest absolute Gasteiger partial charge is 0.116 e. The van der Waals surface area contributed by atoms with Crippen LogP contribution in [0.2, 0.25) is 0 Å². The molecule has 1 aromatic rings. The second-order valence-corrected chi connectivity index (χ2v) is 5.32. The van der Waals surface area contributed by atoms with Gasteiger partial charge in [0.2, 0.25) is 0 Å². The zero-order chi connectivity index (χ0) is 12.4. The lowest BCUT2D eigenvalue weighted by Gasteiger charge is -2.25. The first-order chi connectivity index (χ1) is 8.84. The Morgan fingerprint density at radius 1 is 1.22 bits per heavy atom. The lowest BCUT2D eigenvalue weighted by atomic mass is 9.87. The van der Waals surface area contributed by atoms with Crippen LogP contribution < -0.4 is 0 Å². The maximum absolute atomic E-state index is 9.93. The lowest BCUT2D eigenvalue weighted by molar-refractivity contribution is 0.0803. The number of phenols is 1. The molecule has 1 aliphatic carbocycles. The van der Waals surface area contributed by atoms with E-state index in [1.807, 2.05) is 12.1 Å². The maximum Gasteiger partial charge on any atom is 0.116 e. The van der Waals surface area contributed by atoms with E-state index < -0.39 is 0 Å². The Balaban J connectivity index is 2.03. The number of ether oxygens (including phenoxy) is 1. The normalized spacial score (nSPS) is 23.4. The number of rotatable bonds is 1. The van der Waals surface area contributed by atoms with Crippen molar-refractivity contribution < 1.29 is 9.84 Å². The third-order valence-corrected chi connectivity index (χ3v) is 3.98. The molecule has 2 heteroatoms. The second kappa shape index (κ2) is 5.15. The van der Waals surface area contributed by atoms with Crippen LogP contribution in [0.1, 0.15) is 48.3 Å². The molecule has 0 saturated carbocycles. The molecule has 1 atom stereocenters. The van der Waals surface area contributed by atoms with Gasteiger partial charge in [0.05, 0.1) is 6.61 Å². The Hall–Kier alpha value is -1.28. The summed E-state index contributed by atoms with van der Waals surface area (Å²) in [6.45, 7) is 1.68. The van der Waals surface area contributed by atoms with Gasteiger partial charge in [-0.05, 0) is 60.9 Å². The van der Waals surface area contributed by atoms with Crippen molar-refractivity contribution in [3.05, 3.63) is 34.9 Å². The molecule has 96 valence electrons. The van der Waals surface area contributed by atoms with Gasteiger partial charge < -0.3 is 9.84 Å². The van der Waals surface area contributed by atoms with Crippen LogP contribution in [0.15, 0.2) is 18.2 Å². The molecule has 0 amide bonds. The number of fused-ring (bicyclic) bond motifs is 1. The number of phenolic OH excluding ortho intramolecular Hbond substituents is 1.